The number of fused-ring (bicyclic) bond motifs is 1. The molecule has 0 radical (unpaired) electrons. The lowest BCUT2D eigenvalue weighted by Crippen LogP contribution is -2.47. The van der Waals surface area contributed by atoms with Crippen LogP contribution in [-0.2, 0) is 23.0 Å². The number of aromatic nitrogens is 2. The zero-order valence-electron chi connectivity index (χ0n) is 22.2. The fraction of sp³-hybridized carbons (Fsp3) is 0.483. The van der Waals surface area contributed by atoms with Crippen molar-refractivity contribution in [2.45, 2.75) is 58.2 Å². The minimum atomic E-state index is -3.52. The zero-order valence-corrected chi connectivity index (χ0v) is 24.6. The van der Waals surface area contributed by atoms with Crippen LogP contribution in [0.25, 0.3) is 0 Å². The third-order valence-corrected chi connectivity index (χ3v) is 10.7. The monoisotopic (exact) mass is 599 g/mol. The van der Waals surface area contributed by atoms with Crippen molar-refractivity contribution in [1.82, 2.24) is 19.6 Å². The number of sulfonamides is 1. The second-order valence-corrected chi connectivity index (χ2v) is 14.1. The van der Waals surface area contributed by atoms with Crippen LogP contribution in [0.5, 0.6) is 0 Å². The number of aromatic amines is 1. The van der Waals surface area contributed by atoms with Gasteiger partial charge in [0.25, 0.3) is 0 Å². The Morgan fingerprint density at radius 3 is 2.63 bits per heavy atom. The lowest BCUT2D eigenvalue weighted by Gasteiger charge is -2.37. The molecular formula is C29H38BrN5O2S. The average Bonchev–Trinajstić information content (AvgIpc) is 3.40. The average molecular weight is 601 g/mol. The van der Waals surface area contributed by atoms with E-state index in [-0.39, 0.29) is 23.3 Å². The standard InChI is InChI=1S/C29H38BrN5O2S/c1-22(27-18-32-21-33-27)34-20-26(16-23-6-4-3-5-7-23)35(19-24-17-25(30)8-9-28(24)34)38(36,37)15-12-29(2)10-13-31-14-11-29/h3-9,17-18,21-22,26,31H,10-16,19-20H2,1-2H3,(H,32,33). The number of hydrogen-bond acceptors (Lipinski definition) is 5. The molecule has 5 rings (SSSR count). The lowest BCUT2D eigenvalue weighted by atomic mass is 9.79. The molecule has 2 atom stereocenters. The Morgan fingerprint density at radius 1 is 1.16 bits per heavy atom. The van der Waals surface area contributed by atoms with E-state index >= 15 is 0 Å². The van der Waals surface area contributed by atoms with Gasteiger partial charge in [-0.05, 0) is 80.4 Å². The predicted molar refractivity (Wildman–Crippen MR) is 157 cm³/mol. The van der Waals surface area contributed by atoms with Crippen LogP contribution in [0.3, 0.4) is 0 Å². The van der Waals surface area contributed by atoms with Gasteiger partial charge in [-0.25, -0.2) is 13.4 Å². The number of imidazole rings is 1. The molecule has 2 aromatic carbocycles. The molecular weight excluding hydrogens is 562 g/mol. The first-order valence-electron chi connectivity index (χ1n) is 13.5. The summed E-state index contributed by atoms with van der Waals surface area (Å²) in [4.78, 5) is 9.85. The second kappa shape index (κ2) is 11.5. The van der Waals surface area contributed by atoms with Gasteiger partial charge in [-0.2, -0.15) is 4.31 Å². The SMILES string of the molecule is CC(c1cnc[nH]1)N1CC(Cc2ccccc2)N(S(=O)(=O)CCC2(C)CCNCC2)Cc2cc(Br)ccc21. The maximum Gasteiger partial charge on any atom is 0.214 e. The maximum atomic E-state index is 14.2. The van der Waals surface area contributed by atoms with Crippen molar-refractivity contribution in [1.29, 1.82) is 0 Å². The van der Waals surface area contributed by atoms with Crippen molar-refractivity contribution in [2.75, 3.05) is 30.3 Å². The van der Waals surface area contributed by atoms with Gasteiger partial charge in [-0.15, -0.1) is 0 Å². The molecule has 0 spiro atoms. The second-order valence-electron chi connectivity index (χ2n) is 11.1. The number of piperidine rings is 1. The van der Waals surface area contributed by atoms with Crippen molar-refractivity contribution in [3.63, 3.8) is 0 Å². The largest absolute Gasteiger partial charge is 0.361 e. The molecule has 3 heterocycles. The van der Waals surface area contributed by atoms with E-state index in [0.717, 1.165) is 52.9 Å². The number of halogens is 1. The summed E-state index contributed by atoms with van der Waals surface area (Å²) >= 11 is 3.63. The Morgan fingerprint density at radius 2 is 1.92 bits per heavy atom. The normalized spacial score (nSPS) is 21.0. The molecule has 3 aromatic rings. The van der Waals surface area contributed by atoms with E-state index in [0.29, 0.717) is 25.9 Å². The van der Waals surface area contributed by atoms with E-state index in [2.05, 4.69) is 74.2 Å². The first kappa shape index (κ1) is 27.4. The summed E-state index contributed by atoms with van der Waals surface area (Å²) < 4.78 is 31.1. The topological polar surface area (TPSA) is 81.3 Å². The smallest absolute Gasteiger partial charge is 0.214 e. The summed E-state index contributed by atoms with van der Waals surface area (Å²) in [5.41, 5.74) is 4.28. The maximum absolute atomic E-state index is 14.2. The number of nitrogens with one attached hydrogen (secondary N) is 2. The molecule has 38 heavy (non-hydrogen) atoms. The highest BCUT2D eigenvalue weighted by Gasteiger charge is 2.38. The molecule has 0 amide bonds. The van der Waals surface area contributed by atoms with Gasteiger partial charge in [-0.1, -0.05) is 53.2 Å². The van der Waals surface area contributed by atoms with Gasteiger partial charge >= 0.3 is 0 Å². The van der Waals surface area contributed by atoms with Gasteiger partial charge in [0.15, 0.2) is 0 Å². The number of nitrogens with zero attached hydrogens (tertiary/aromatic N) is 3. The number of hydrogen-bond donors (Lipinski definition) is 2. The van der Waals surface area contributed by atoms with Crippen LogP contribution in [-0.4, -0.2) is 54.1 Å². The molecule has 9 heteroatoms. The Hall–Kier alpha value is -2.20. The summed E-state index contributed by atoms with van der Waals surface area (Å²) in [6, 6.07) is 16.3. The molecule has 2 N–H and O–H groups in total. The van der Waals surface area contributed by atoms with E-state index < -0.39 is 10.0 Å². The first-order chi connectivity index (χ1) is 18.2. The van der Waals surface area contributed by atoms with Crippen molar-refractivity contribution >= 4 is 31.6 Å². The van der Waals surface area contributed by atoms with Gasteiger partial charge < -0.3 is 15.2 Å². The highest BCUT2D eigenvalue weighted by molar-refractivity contribution is 9.10. The van der Waals surface area contributed by atoms with Gasteiger partial charge in [-0.3, -0.25) is 0 Å². The molecule has 7 nitrogen and oxygen atoms in total. The third kappa shape index (κ3) is 6.17. The Kier molecular flexibility index (Phi) is 8.28. The summed E-state index contributed by atoms with van der Waals surface area (Å²) in [5, 5.41) is 3.41. The van der Waals surface area contributed by atoms with Crippen LogP contribution >= 0.6 is 15.9 Å². The molecule has 1 saturated heterocycles. The van der Waals surface area contributed by atoms with Crippen molar-refractivity contribution in [3.05, 3.63) is 82.3 Å². The molecule has 0 bridgehead atoms. The number of anilines is 1. The highest BCUT2D eigenvalue weighted by atomic mass is 79.9. The molecule has 1 fully saturated rings. The molecule has 0 aliphatic carbocycles. The highest BCUT2D eigenvalue weighted by Crippen LogP contribution is 2.38. The number of H-pyrrole nitrogens is 1. The molecule has 2 aliphatic rings. The van der Waals surface area contributed by atoms with Crippen LogP contribution in [0.15, 0.2) is 65.5 Å². The summed E-state index contributed by atoms with van der Waals surface area (Å²) in [5.74, 6) is 0.175. The Bertz CT molecular complexity index is 1310. The fourth-order valence-corrected chi connectivity index (χ4v) is 8.18. The summed E-state index contributed by atoms with van der Waals surface area (Å²) in [7, 11) is -3.52. The van der Waals surface area contributed by atoms with Gasteiger partial charge in [0.05, 0.1) is 30.0 Å². The van der Waals surface area contributed by atoms with Crippen LogP contribution in [0, 0.1) is 5.41 Å². The zero-order chi connectivity index (χ0) is 26.8. The minimum Gasteiger partial charge on any atom is -0.361 e. The first-order valence-corrected chi connectivity index (χ1v) is 15.9. The Balaban J connectivity index is 1.52. The molecule has 2 aliphatic heterocycles. The van der Waals surface area contributed by atoms with E-state index in [9.17, 15) is 8.42 Å². The number of benzene rings is 2. The van der Waals surface area contributed by atoms with E-state index in [4.69, 9.17) is 0 Å². The van der Waals surface area contributed by atoms with Crippen LogP contribution in [0.1, 0.15) is 56.0 Å². The molecule has 204 valence electrons. The van der Waals surface area contributed by atoms with Crippen molar-refractivity contribution in [3.8, 4) is 0 Å². The quantitative estimate of drug-likeness (QED) is 0.368. The molecule has 0 saturated carbocycles. The minimum absolute atomic E-state index is 0.00648. The van der Waals surface area contributed by atoms with Crippen LogP contribution in [0.2, 0.25) is 0 Å². The third-order valence-electron chi connectivity index (χ3n) is 8.37. The van der Waals surface area contributed by atoms with E-state index in [1.165, 1.54) is 0 Å². The van der Waals surface area contributed by atoms with E-state index in [1.54, 1.807) is 10.6 Å². The molecule has 2 unspecified atom stereocenters. The Labute approximate surface area is 235 Å². The van der Waals surface area contributed by atoms with Gasteiger partial charge in [0, 0.05) is 29.3 Å². The lowest BCUT2D eigenvalue weighted by molar-refractivity contribution is 0.219. The van der Waals surface area contributed by atoms with Gasteiger partial charge in [0.1, 0.15) is 0 Å². The van der Waals surface area contributed by atoms with Gasteiger partial charge in [0.2, 0.25) is 10.0 Å². The number of rotatable bonds is 8. The van der Waals surface area contributed by atoms with Crippen LogP contribution in [0.4, 0.5) is 5.69 Å². The summed E-state index contributed by atoms with van der Waals surface area (Å²) in [6.45, 7) is 7.26. The van der Waals surface area contributed by atoms with Crippen molar-refractivity contribution in [2.24, 2.45) is 5.41 Å². The fourth-order valence-electron chi connectivity index (χ4n) is 5.86. The van der Waals surface area contributed by atoms with Crippen molar-refractivity contribution < 1.29 is 8.42 Å². The predicted octanol–water partition coefficient (Wildman–Crippen LogP) is 5.28. The van der Waals surface area contributed by atoms with E-state index in [1.807, 2.05) is 30.5 Å². The van der Waals surface area contributed by atoms with Crippen LogP contribution < -0.4 is 10.2 Å². The molecule has 1 aromatic heterocycles. The summed E-state index contributed by atoms with van der Waals surface area (Å²) in [6.07, 6.45) is 6.93.